The fourth-order valence-corrected chi connectivity index (χ4v) is 3.83. The maximum Gasteiger partial charge on any atom is 0.225 e. The van der Waals surface area contributed by atoms with E-state index in [1.165, 1.54) is 11.1 Å². The van der Waals surface area contributed by atoms with Gasteiger partial charge in [0.15, 0.2) is 0 Å². The number of fused-ring (bicyclic) bond motifs is 1. The molecule has 20 heavy (non-hydrogen) atoms. The second-order valence-corrected chi connectivity index (χ2v) is 6.33. The predicted molar refractivity (Wildman–Crippen MR) is 80.2 cm³/mol. The van der Waals surface area contributed by atoms with E-state index >= 15 is 0 Å². The first kappa shape index (κ1) is 13.6. The highest BCUT2D eigenvalue weighted by molar-refractivity contribution is 5.79. The van der Waals surface area contributed by atoms with Crippen molar-refractivity contribution in [2.45, 2.75) is 50.6 Å². The van der Waals surface area contributed by atoms with E-state index in [4.69, 9.17) is 5.73 Å². The number of rotatable bonds is 2. The Labute approximate surface area is 121 Å². The van der Waals surface area contributed by atoms with Crippen LogP contribution in [0.1, 0.15) is 49.3 Å². The average Bonchev–Trinajstić information content (AvgIpc) is 2.89. The molecule has 0 aliphatic heterocycles. The lowest BCUT2D eigenvalue weighted by atomic mass is 9.85. The number of nitrogens with zero attached hydrogens (tertiary/aromatic N) is 1. The van der Waals surface area contributed by atoms with Crippen LogP contribution >= 0.6 is 0 Å². The minimum atomic E-state index is 0.136. The second kappa shape index (κ2) is 5.57. The second-order valence-electron chi connectivity index (χ2n) is 6.33. The van der Waals surface area contributed by atoms with Gasteiger partial charge in [-0.15, -0.1) is 0 Å². The van der Waals surface area contributed by atoms with Crippen LogP contribution < -0.4 is 5.73 Å². The van der Waals surface area contributed by atoms with Gasteiger partial charge < -0.3 is 10.6 Å². The smallest absolute Gasteiger partial charge is 0.225 e. The molecule has 2 N–H and O–H groups in total. The van der Waals surface area contributed by atoms with Crippen LogP contribution in [0.25, 0.3) is 0 Å². The lowest BCUT2D eigenvalue weighted by molar-refractivity contribution is -0.137. The van der Waals surface area contributed by atoms with Crippen molar-refractivity contribution >= 4 is 5.91 Å². The normalized spacial score (nSPS) is 29.0. The Morgan fingerprint density at radius 3 is 2.85 bits per heavy atom. The largest absolute Gasteiger partial charge is 0.338 e. The quantitative estimate of drug-likeness (QED) is 0.899. The minimum absolute atomic E-state index is 0.136. The van der Waals surface area contributed by atoms with E-state index < -0.39 is 0 Å². The number of hydrogen-bond acceptors (Lipinski definition) is 2. The van der Waals surface area contributed by atoms with Gasteiger partial charge in [0, 0.05) is 19.0 Å². The number of aryl methyl sites for hydroxylation is 1. The van der Waals surface area contributed by atoms with Crippen LogP contribution in [0.4, 0.5) is 0 Å². The van der Waals surface area contributed by atoms with Crippen molar-refractivity contribution in [3.8, 4) is 0 Å². The van der Waals surface area contributed by atoms with Crippen LogP contribution in [0.15, 0.2) is 24.3 Å². The molecule has 108 valence electrons. The summed E-state index contributed by atoms with van der Waals surface area (Å²) in [5, 5.41) is 0. The van der Waals surface area contributed by atoms with Gasteiger partial charge in [0.05, 0.1) is 6.04 Å². The summed E-state index contributed by atoms with van der Waals surface area (Å²) in [5.74, 6) is 0.429. The van der Waals surface area contributed by atoms with Gasteiger partial charge >= 0.3 is 0 Å². The molecule has 3 heteroatoms. The third kappa shape index (κ3) is 2.47. The molecule has 0 bridgehead atoms. The Balaban J connectivity index is 1.73. The minimum Gasteiger partial charge on any atom is -0.338 e. The molecule has 3 unspecified atom stereocenters. The van der Waals surface area contributed by atoms with Crippen molar-refractivity contribution in [1.82, 2.24) is 4.90 Å². The fraction of sp³-hybridized carbons (Fsp3) is 0.588. The van der Waals surface area contributed by atoms with E-state index in [1.807, 2.05) is 11.9 Å². The fourth-order valence-electron chi connectivity index (χ4n) is 3.83. The van der Waals surface area contributed by atoms with Crippen LogP contribution in [0, 0.1) is 5.92 Å². The maximum atomic E-state index is 12.7. The lowest BCUT2D eigenvalue weighted by Crippen LogP contribution is -2.40. The van der Waals surface area contributed by atoms with Gasteiger partial charge in [-0.1, -0.05) is 30.7 Å². The highest BCUT2D eigenvalue weighted by Gasteiger charge is 2.33. The van der Waals surface area contributed by atoms with Gasteiger partial charge in [-0.2, -0.15) is 0 Å². The van der Waals surface area contributed by atoms with Crippen molar-refractivity contribution < 1.29 is 4.79 Å². The molecule has 0 spiro atoms. The van der Waals surface area contributed by atoms with E-state index in [0.717, 1.165) is 38.5 Å². The molecule has 0 heterocycles. The van der Waals surface area contributed by atoms with Crippen LogP contribution in [-0.4, -0.2) is 23.9 Å². The summed E-state index contributed by atoms with van der Waals surface area (Å²) in [7, 11) is 1.97. The van der Waals surface area contributed by atoms with Crippen LogP contribution in [0.5, 0.6) is 0 Å². The Bertz CT molecular complexity index is 500. The van der Waals surface area contributed by atoms with Gasteiger partial charge in [-0.05, 0) is 43.2 Å². The average molecular weight is 272 g/mol. The highest BCUT2D eigenvalue weighted by atomic mass is 16.2. The monoisotopic (exact) mass is 272 g/mol. The molecule has 1 fully saturated rings. The Kier molecular flexibility index (Phi) is 3.79. The highest BCUT2D eigenvalue weighted by Crippen LogP contribution is 2.36. The first-order valence-electron chi connectivity index (χ1n) is 7.77. The lowest BCUT2D eigenvalue weighted by Gasteiger charge is -2.32. The molecule has 3 nitrogen and oxygen atoms in total. The number of hydrogen-bond donors (Lipinski definition) is 1. The molecule has 1 saturated carbocycles. The molecular weight excluding hydrogens is 248 g/mol. The summed E-state index contributed by atoms with van der Waals surface area (Å²) in [5.41, 5.74) is 8.76. The molecule has 3 atom stereocenters. The molecule has 1 aromatic rings. The standard InChI is InChI=1S/C17H24N2O/c1-19(17(20)13-6-4-7-14(18)11-13)16-10-9-12-5-2-3-8-15(12)16/h2-3,5,8,13-14,16H,4,6-7,9-11,18H2,1H3. The van der Waals surface area contributed by atoms with Crippen LogP contribution in [0.3, 0.4) is 0 Å². The number of amides is 1. The molecule has 1 aromatic carbocycles. The van der Waals surface area contributed by atoms with Gasteiger partial charge in [0.1, 0.15) is 0 Å². The summed E-state index contributed by atoms with van der Waals surface area (Å²) in [6.07, 6.45) is 6.16. The molecule has 0 radical (unpaired) electrons. The van der Waals surface area contributed by atoms with E-state index in [2.05, 4.69) is 24.3 Å². The van der Waals surface area contributed by atoms with Gasteiger partial charge in [-0.3, -0.25) is 4.79 Å². The van der Waals surface area contributed by atoms with E-state index in [-0.39, 0.29) is 18.0 Å². The number of carbonyl (C=O) groups is 1. The van der Waals surface area contributed by atoms with E-state index in [0.29, 0.717) is 5.91 Å². The van der Waals surface area contributed by atoms with Crippen LogP contribution in [-0.2, 0) is 11.2 Å². The Morgan fingerprint density at radius 2 is 2.05 bits per heavy atom. The van der Waals surface area contributed by atoms with Gasteiger partial charge in [0.25, 0.3) is 0 Å². The third-order valence-electron chi connectivity index (χ3n) is 4.98. The van der Waals surface area contributed by atoms with Crippen molar-refractivity contribution in [3.05, 3.63) is 35.4 Å². The molecule has 2 aliphatic rings. The topological polar surface area (TPSA) is 46.3 Å². The first-order valence-corrected chi connectivity index (χ1v) is 7.77. The summed E-state index contributed by atoms with van der Waals surface area (Å²) in [6.45, 7) is 0. The van der Waals surface area contributed by atoms with Crippen molar-refractivity contribution in [3.63, 3.8) is 0 Å². The van der Waals surface area contributed by atoms with Crippen molar-refractivity contribution in [2.75, 3.05) is 7.05 Å². The predicted octanol–water partition coefficient (Wildman–Crippen LogP) is 2.65. The van der Waals surface area contributed by atoms with Crippen molar-refractivity contribution in [1.29, 1.82) is 0 Å². The summed E-state index contributed by atoms with van der Waals surface area (Å²) in [4.78, 5) is 14.7. The summed E-state index contributed by atoms with van der Waals surface area (Å²) < 4.78 is 0. The molecular formula is C17H24N2O. The zero-order chi connectivity index (χ0) is 14.1. The molecule has 2 aliphatic carbocycles. The van der Waals surface area contributed by atoms with Crippen LogP contribution in [0.2, 0.25) is 0 Å². The van der Waals surface area contributed by atoms with Gasteiger partial charge in [-0.25, -0.2) is 0 Å². The zero-order valence-corrected chi connectivity index (χ0v) is 12.2. The van der Waals surface area contributed by atoms with E-state index in [9.17, 15) is 4.79 Å². The Hall–Kier alpha value is -1.35. The molecule has 0 saturated heterocycles. The van der Waals surface area contributed by atoms with Crippen molar-refractivity contribution in [2.24, 2.45) is 11.7 Å². The number of carbonyl (C=O) groups excluding carboxylic acids is 1. The number of nitrogens with two attached hydrogens (primary N) is 1. The van der Waals surface area contributed by atoms with E-state index in [1.54, 1.807) is 0 Å². The third-order valence-corrected chi connectivity index (χ3v) is 4.98. The maximum absolute atomic E-state index is 12.7. The molecule has 0 aromatic heterocycles. The SMILES string of the molecule is CN(C(=O)C1CCCC(N)C1)C1CCc2ccccc21. The summed E-state index contributed by atoms with van der Waals surface area (Å²) in [6, 6.07) is 8.99. The number of benzene rings is 1. The Morgan fingerprint density at radius 1 is 1.25 bits per heavy atom. The zero-order valence-electron chi connectivity index (χ0n) is 12.2. The van der Waals surface area contributed by atoms with Gasteiger partial charge in [0.2, 0.25) is 5.91 Å². The first-order chi connectivity index (χ1) is 9.66. The summed E-state index contributed by atoms with van der Waals surface area (Å²) >= 11 is 0. The molecule has 3 rings (SSSR count). The molecule has 1 amide bonds.